The van der Waals surface area contributed by atoms with Gasteiger partial charge in [-0.2, -0.15) is 15.1 Å². The van der Waals surface area contributed by atoms with E-state index in [2.05, 4.69) is 42.2 Å². The van der Waals surface area contributed by atoms with Crippen molar-refractivity contribution < 1.29 is 9.53 Å². The maximum absolute atomic E-state index is 11.3. The molecule has 0 bridgehead atoms. The van der Waals surface area contributed by atoms with Crippen LogP contribution in [-0.2, 0) is 11.8 Å². The van der Waals surface area contributed by atoms with Gasteiger partial charge in [-0.05, 0) is 6.08 Å². The van der Waals surface area contributed by atoms with Crippen LogP contribution in [0.3, 0.4) is 0 Å². The van der Waals surface area contributed by atoms with Gasteiger partial charge in [-0.1, -0.05) is 6.58 Å². The van der Waals surface area contributed by atoms with Gasteiger partial charge in [0, 0.05) is 32.1 Å². The number of amides is 1. The van der Waals surface area contributed by atoms with Crippen molar-refractivity contribution in [1.29, 1.82) is 0 Å². The van der Waals surface area contributed by atoms with Gasteiger partial charge in [0.25, 0.3) is 0 Å². The SMILES string of the molecule is C=CC(=O)NC1CC(Oc2nc(Nc3cnn(C)c3)nc3nc[nH]c23)C1. The highest BCUT2D eigenvalue weighted by Crippen LogP contribution is 2.29. The Labute approximate surface area is 148 Å². The summed E-state index contributed by atoms with van der Waals surface area (Å²) in [5, 5.41) is 10.0. The van der Waals surface area contributed by atoms with Crippen molar-refractivity contribution in [2.45, 2.75) is 25.0 Å². The standard InChI is InChI=1S/C16H18N8O2/c1-3-12(25)20-9-4-11(5-9)26-15-13-14(18-8-17-13)22-16(23-15)21-10-6-19-24(2)7-10/h3,6-9,11H,1,4-5H2,2H3,(H,20,25)(H2,17,18,21,22,23). The Bertz CT molecular complexity index is 956. The second kappa shape index (κ2) is 6.47. The number of aryl methyl sites for hydroxylation is 1. The summed E-state index contributed by atoms with van der Waals surface area (Å²) in [6.07, 6.45) is 7.71. The van der Waals surface area contributed by atoms with Crippen LogP contribution in [0, 0.1) is 0 Å². The summed E-state index contributed by atoms with van der Waals surface area (Å²) >= 11 is 0. The number of nitrogens with one attached hydrogen (secondary N) is 3. The normalized spacial score (nSPS) is 19.0. The second-order valence-electron chi connectivity index (χ2n) is 6.10. The van der Waals surface area contributed by atoms with E-state index in [9.17, 15) is 4.79 Å². The number of aromatic amines is 1. The minimum absolute atomic E-state index is 0.0299. The molecule has 0 unspecified atom stereocenters. The zero-order valence-electron chi connectivity index (χ0n) is 14.1. The average molecular weight is 354 g/mol. The van der Waals surface area contributed by atoms with Gasteiger partial charge in [0.1, 0.15) is 11.6 Å². The van der Waals surface area contributed by atoms with Crippen LogP contribution in [0.25, 0.3) is 11.2 Å². The van der Waals surface area contributed by atoms with E-state index in [1.165, 1.54) is 6.08 Å². The van der Waals surface area contributed by atoms with E-state index in [0.717, 1.165) is 5.69 Å². The number of H-pyrrole nitrogens is 1. The Balaban J connectivity index is 1.49. The number of rotatable bonds is 6. The zero-order chi connectivity index (χ0) is 18.1. The number of carbonyl (C=O) groups excluding carboxylic acids is 1. The molecular weight excluding hydrogens is 336 g/mol. The fraction of sp³-hybridized carbons (Fsp3) is 0.312. The zero-order valence-corrected chi connectivity index (χ0v) is 14.1. The van der Waals surface area contributed by atoms with Crippen molar-refractivity contribution in [3.63, 3.8) is 0 Å². The molecule has 0 aromatic carbocycles. The number of fused-ring (bicyclic) bond motifs is 1. The van der Waals surface area contributed by atoms with Crippen molar-refractivity contribution in [2.75, 3.05) is 5.32 Å². The summed E-state index contributed by atoms with van der Waals surface area (Å²) in [6, 6.07) is 0.0950. The molecule has 1 fully saturated rings. The van der Waals surface area contributed by atoms with Crippen molar-refractivity contribution >= 4 is 28.7 Å². The predicted octanol–water partition coefficient (Wildman–Crippen LogP) is 1.04. The molecule has 3 heterocycles. The van der Waals surface area contributed by atoms with Gasteiger partial charge in [-0.15, -0.1) is 0 Å². The van der Waals surface area contributed by atoms with Crippen molar-refractivity contribution in [3.8, 4) is 5.88 Å². The number of hydrogen-bond donors (Lipinski definition) is 3. The highest BCUT2D eigenvalue weighted by Gasteiger charge is 2.32. The van der Waals surface area contributed by atoms with E-state index in [-0.39, 0.29) is 18.1 Å². The Morgan fingerprint density at radius 2 is 2.31 bits per heavy atom. The lowest BCUT2D eigenvalue weighted by atomic mass is 9.89. The number of ether oxygens (including phenoxy) is 1. The molecule has 0 radical (unpaired) electrons. The van der Waals surface area contributed by atoms with Crippen molar-refractivity contribution in [3.05, 3.63) is 31.4 Å². The molecule has 134 valence electrons. The molecule has 26 heavy (non-hydrogen) atoms. The molecule has 10 heteroatoms. The maximum Gasteiger partial charge on any atom is 0.245 e. The van der Waals surface area contributed by atoms with Gasteiger partial charge in [-0.3, -0.25) is 9.48 Å². The van der Waals surface area contributed by atoms with Crippen LogP contribution in [-0.4, -0.2) is 47.8 Å². The Hall–Kier alpha value is -3.43. The molecular formula is C16H18N8O2. The molecule has 10 nitrogen and oxygen atoms in total. The molecule has 0 aliphatic heterocycles. The highest BCUT2D eigenvalue weighted by molar-refractivity contribution is 5.87. The summed E-state index contributed by atoms with van der Waals surface area (Å²) in [6.45, 7) is 3.45. The quantitative estimate of drug-likeness (QED) is 0.565. The van der Waals surface area contributed by atoms with Crippen LogP contribution in [0.5, 0.6) is 5.88 Å². The number of imidazole rings is 1. The summed E-state index contributed by atoms with van der Waals surface area (Å²) in [5.41, 5.74) is 1.92. The second-order valence-corrected chi connectivity index (χ2v) is 6.10. The maximum atomic E-state index is 11.3. The van der Waals surface area contributed by atoms with E-state index < -0.39 is 0 Å². The first-order valence-electron chi connectivity index (χ1n) is 8.17. The first kappa shape index (κ1) is 16.1. The number of aromatic nitrogens is 6. The summed E-state index contributed by atoms with van der Waals surface area (Å²) in [7, 11) is 1.83. The van der Waals surface area contributed by atoms with Crippen molar-refractivity contribution in [1.82, 2.24) is 35.0 Å². The average Bonchev–Trinajstić information content (AvgIpc) is 3.21. The Morgan fingerprint density at radius 1 is 1.46 bits per heavy atom. The summed E-state index contributed by atoms with van der Waals surface area (Å²) < 4.78 is 7.67. The smallest absolute Gasteiger partial charge is 0.245 e. The van der Waals surface area contributed by atoms with Crippen LogP contribution in [0.15, 0.2) is 31.4 Å². The molecule has 1 amide bonds. The van der Waals surface area contributed by atoms with E-state index in [4.69, 9.17) is 4.74 Å². The molecule has 1 aliphatic rings. The number of anilines is 2. The van der Waals surface area contributed by atoms with Crippen molar-refractivity contribution in [2.24, 2.45) is 7.05 Å². The lowest BCUT2D eigenvalue weighted by Crippen LogP contribution is -2.48. The molecule has 3 aromatic rings. The molecule has 0 spiro atoms. The molecule has 0 atom stereocenters. The van der Waals surface area contributed by atoms with Crippen LogP contribution in [0.4, 0.5) is 11.6 Å². The van der Waals surface area contributed by atoms with Gasteiger partial charge in [0.2, 0.25) is 17.7 Å². The third-order valence-corrected chi connectivity index (χ3v) is 4.12. The molecule has 0 saturated heterocycles. The van der Waals surface area contributed by atoms with E-state index >= 15 is 0 Å². The predicted molar refractivity (Wildman–Crippen MR) is 94.0 cm³/mol. The van der Waals surface area contributed by atoms with Gasteiger partial charge >= 0.3 is 0 Å². The largest absolute Gasteiger partial charge is 0.473 e. The molecule has 4 rings (SSSR count). The number of nitrogens with zero attached hydrogens (tertiary/aromatic N) is 5. The third kappa shape index (κ3) is 3.21. The lowest BCUT2D eigenvalue weighted by molar-refractivity contribution is -0.118. The minimum Gasteiger partial charge on any atom is -0.473 e. The van der Waals surface area contributed by atoms with Crippen LogP contribution < -0.4 is 15.4 Å². The summed E-state index contributed by atoms with van der Waals surface area (Å²) in [4.78, 5) is 27.3. The fourth-order valence-corrected chi connectivity index (χ4v) is 2.76. The third-order valence-electron chi connectivity index (χ3n) is 4.12. The molecule has 1 aliphatic carbocycles. The lowest BCUT2D eigenvalue weighted by Gasteiger charge is -2.35. The van der Waals surface area contributed by atoms with Gasteiger partial charge < -0.3 is 20.4 Å². The van der Waals surface area contributed by atoms with Gasteiger partial charge in [0.15, 0.2) is 5.65 Å². The van der Waals surface area contributed by atoms with E-state index in [1.807, 2.05) is 13.2 Å². The first-order valence-corrected chi connectivity index (χ1v) is 8.17. The topological polar surface area (TPSA) is 123 Å². The van der Waals surface area contributed by atoms with Crippen LogP contribution in [0.1, 0.15) is 12.8 Å². The van der Waals surface area contributed by atoms with E-state index in [1.54, 1.807) is 17.2 Å². The monoisotopic (exact) mass is 354 g/mol. The molecule has 3 N–H and O–H groups in total. The minimum atomic E-state index is -0.172. The van der Waals surface area contributed by atoms with Gasteiger partial charge in [0.05, 0.1) is 18.2 Å². The molecule has 1 saturated carbocycles. The summed E-state index contributed by atoms with van der Waals surface area (Å²) in [5.74, 6) is 0.634. The Morgan fingerprint density at radius 3 is 3.04 bits per heavy atom. The number of hydrogen-bond acceptors (Lipinski definition) is 7. The Kier molecular flexibility index (Phi) is 3.99. The van der Waals surface area contributed by atoms with E-state index in [0.29, 0.717) is 35.8 Å². The molecule has 3 aromatic heterocycles. The van der Waals surface area contributed by atoms with Crippen LogP contribution in [0.2, 0.25) is 0 Å². The van der Waals surface area contributed by atoms with Gasteiger partial charge in [-0.25, -0.2) is 4.98 Å². The number of carbonyl (C=O) groups is 1. The highest BCUT2D eigenvalue weighted by atomic mass is 16.5. The first-order chi connectivity index (χ1) is 12.6. The fourth-order valence-electron chi connectivity index (χ4n) is 2.76. The van der Waals surface area contributed by atoms with Crippen LogP contribution >= 0.6 is 0 Å².